The second-order valence-electron chi connectivity index (χ2n) is 5.49. The molecule has 1 saturated heterocycles. The van der Waals surface area contributed by atoms with E-state index in [2.05, 4.69) is 23.5 Å². The summed E-state index contributed by atoms with van der Waals surface area (Å²) in [4.78, 5) is 0. The van der Waals surface area contributed by atoms with Crippen molar-refractivity contribution in [3.8, 4) is 5.75 Å². The van der Waals surface area contributed by atoms with Crippen molar-refractivity contribution in [1.82, 2.24) is 5.32 Å². The fourth-order valence-corrected chi connectivity index (χ4v) is 3.01. The third-order valence-corrected chi connectivity index (χ3v) is 3.91. The van der Waals surface area contributed by atoms with Gasteiger partial charge in [-0.15, -0.1) is 0 Å². The smallest absolute Gasteiger partial charge is 0.176 e. The van der Waals surface area contributed by atoms with Gasteiger partial charge in [0.05, 0.1) is 7.11 Å². The fourth-order valence-electron chi connectivity index (χ4n) is 3.01. The highest BCUT2D eigenvalue weighted by Gasteiger charge is 2.16. The van der Waals surface area contributed by atoms with Crippen molar-refractivity contribution in [2.24, 2.45) is 5.92 Å². The van der Waals surface area contributed by atoms with E-state index in [0.29, 0.717) is 0 Å². The third-order valence-electron chi connectivity index (χ3n) is 3.91. The van der Waals surface area contributed by atoms with Crippen molar-refractivity contribution in [3.05, 3.63) is 29.5 Å². The maximum absolute atomic E-state index is 5.70. The van der Waals surface area contributed by atoms with Gasteiger partial charge in [-0.05, 0) is 69.0 Å². The van der Waals surface area contributed by atoms with Gasteiger partial charge in [-0.2, -0.15) is 0 Å². The molecule has 3 nitrogen and oxygen atoms in total. The molecule has 1 N–H and O–H groups in total. The number of ether oxygens (including phenoxy) is 1. The van der Waals surface area contributed by atoms with Crippen molar-refractivity contribution in [1.29, 1.82) is 0 Å². The highest BCUT2D eigenvalue weighted by molar-refractivity contribution is 5.84. The van der Waals surface area contributed by atoms with Gasteiger partial charge in [-0.1, -0.05) is 0 Å². The zero-order valence-corrected chi connectivity index (χ0v) is 11.7. The molecule has 3 rings (SSSR count). The zero-order chi connectivity index (χ0) is 13.2. The number of aryl methyl sites for hydroxylation is 1. The Hall–Kier alpha value is -1.48. The molecule has 19 heavy (non-hydrogen) atoms. The van der Waals surface area contributed by atoms with Crippen LogP contribution in [0, 0.1) is 12.8 Å². The minimum atomic E-state index is 0.740. The average molecular weight is 259 g/mol. The lowest BCUT2D eigenvalue weighted by Crippen LogP contribution is -2.30. The van der Waals surface area contributed by atoms with Gasteiger partial charge in [0.1, 0.15) is 5.76 Å². The molecule has 0 amide bonds. The van der Waals surface area contributed by atoms with Crippen molar-refractivity contribution in [3.63, 3.8) is 0 Å². The second-order valence-corrected chi connectivity index (χ2v) is 5.49. The molecular formula is C16H21NO2. The van der Waals surface area contributed by atoms with Crippen LogP contribution >= 0.6 is 0 Å². The predicted octanol–water partition coefficient (Wildman–Crippen LogP) is 3.29. The lowest BCUT2D eigenvalue weighted by molar-refractivity contribution is 0.374. The van der Waals surface area contributed by atoms with E-state index < -0.39 is 0 Å². The molecule has 102 valence electrons. The van der Waals surface area contributed by atoms with E-state index in [1.807, 2.05) is 6.92 Å². The normalized spacial score (nSPS) is 19.8. The molecule has 0 bridgehead atoms. The van der Waals surface area contributed by atoms with Gasteiger partial charge >= 0.3 is 0 Å². The summed E-state index contributed by atoms with van der Waals surface area (Å²) in [6.07, 6.45) is 3.72. The van der Waals surface area contributed by atoms with Crippen molar-refractivity contribution in [2.75, 3.05) is 20.2 Å². The molecule has 1 aromatic carbocycles. The Balaban J connectivity index is 1.90. The maximum atomic E-state index is 5.70. The predicted molar refractivity (Wildman–Crippen MR) is 76.8 cm³/mol. The lowest BCUT2D eigenvalue weighted by atomic mass is 9.92. The number of rotatable bonds is 3. The quantitative estimate of drug-likeness (QED) is 0.918. The molecule has 1 aliphatic rings. The molecule has 1 atom stereocenters. The van der Waals surface area contributed by atoms with Crippen LogP contribution in [0.15, 0.2) is 22.6 Å². The van der Waals surface area contributed by atoms with Gasteiger partial charge in [0.15, 0.2) is 11.3 Å². The van der Waals surface area contributed by atoms with E-state index in [9.17, 15) is 0 Å². The number of methoxy groups -OCH3 is 1. The van der Waals surface area contributed by atoms with Crippen LogP contribution in [-0.2, 0) is 6.42 Å². The fraction of sp³-hybridized carbons (Fsp3) is 0.500. The van der Waals surface area contributed by atoms with Gasteiger partial charge < -0.3 is 14.5 Å². The molecule has 1 aromatic heterocycles. The second kappa shape index (κ2) is 5.25. The molecule has 2 heterocycles. The van der Waals surface area contributed by atoms with Gasteiger partial charge in [-0.3, -0.25) is 0 Å². The molecule has 0 aliphatic carbocycles. The van der Waals surface area contributed by atoms with E-state index in [-0.39, 0.29) is 0 Å². The van der Waals surface area contributed by atoms with Crippen LogP contribution in [0.25, 0.3) is 11.0 Å². The number of nitrogens with one attached hydrogen (secondary N) is 1. The first-order chi connectivity index (χ1) is 9.26. The minimum absolute atomic E-state index is 0.740. The van der Waals surface area contributed by atoms with Crippen LogP contribution in [0.5, 0.6) is 5.75 Å². The Morgan fingerprint density at radius 2 is 2.26 bits per heavy atom. The van der Waals surface area contributed by atoms with Crippen molar-refractivity contribution >= 4 is 11.0 Å². The van der Waals surface area contributed by atoms with Gasteiger partial charge in [0.25, 0.3) is 0 Å². The van der Waals surface area contributed by atoms with Crippen LogP contribution in [0.3, 0.4) is 0 Å². The average Bonchev–Trinajstić information content (AvgIpc) is 2.79. The molecule has 3 heteroatoms. The first-order valence-electron chi connectivity index (χ1n) is 7.04. The highest BCUT2D eigenvalue weighted by Crippen LogP contribution is 2.31. The van der Waals surface area contributed by atoms with Crippen LogP contribution in [-0.4, -0.2) is 20.2 Å². The standard InChI is InChI=1S/C16H21NO2/c1-11-6-14-8-13(7-12-4-3-5-17-10-12)9-15(18-2)16(14)19-11/h6,8-9,12,17H,3-5,7,10H2,1-2H3. The summed E-state index contributed by atoms with van der Waals surface area (Å²) in [5, 5.41) is 4.62. The van der Waals surface area contributed by atoms with E-state index in [1.54, 1.807) is 7.11 Å². The topological polar surface area (TPSA) is 34.4 Å². The number of benzene rings is 1. The number of fused-ring (bicyclic) bond motifs is 1. The van der Waals surface area contributed by atoms with Crippen LogP contribution in [0.2, 0.25) is 0 Å². The Bertz CT molecular complexity index is 567. The molecule has 1 fully saturated rings. The molecule has 1 unspecified atom stereocenters. The first-order valence-corrected chi connectivity index (χ1v) is 7.04. The SMILES string of the molecule is COc1cc(CC2CCCNC2)cc2cc(C)oc12. The molecule has 0 saturated carbocycles. The summed E-state index contributed by atoms with van der Waals surface area (Å²) in [5.74, 6) is 2.53. The molecule has 1 aliphatic heterocycles. The van der Waals surface area contributed by atoms with Gasteiger partial charge in [-0.25, -0.2) is 0 Å². The largest absolute Gasteiger partial charge is 0.493 e. The summed E-state index contributed by atoms with van der Waals surface area (Å²) in [6, 6.07) is 6.45. The number of hydrogen-bond acceptors (Lipinski definition) is 3. The Morgan fingerprint density at radius 3 is 3.00 bits per heavy atom. The third kappa shape index (κ3) is 2.61. The monoisotopic (exact) mass is 259 g/mol. The maximum Gasteiger partial charge on any atom is 0.176 e. The Labute approximate surface area is 113 Å². The van der Waals surface area contributed by atoms with Crippen molar-refractivity contribution in [2.45, 2.75) is 26.2 Å². The van der Waals surface area contributed by atoms with Gasteiger partial charge in [0.2, 0.25) is 0 Å². The van der Waals surface area contributed by atoms with Crippen LogP contribution in [0.1, 0.15) is 24.2 Å². The number of hydrogen-bond donors (Lipinski definition) is 1. The Morgan fingerprint density at radius 1 is 1.37 bits per heavy atom. The molecule has 0 radical (unpaired) electrons. The van der Waals surface area contributed by atoms with Crippen LogP contribution in [0.4, 0.5) is 0 Å². The number of furan rings is 1. The van der Waals surface area contributed by atoms with Gasteiger partial charge in [0, 0.05) is 5.39 Å². The van der Waals surface area contributed by atoms with E-state index in [1.165, 1.54) is 24.9 Å². The molecular weight excluding hydrogens is 238 g/mol. The van der Waals surface area contributed by atoms with E-state index in [0.717, 1.165) is 41.4 Å². The minimum Gasteiger partial charge on any atom is -0.493 e. The summed E-state index contributed by atoms with van der Waals surface area (Å²) in [7, 11) is 1.71. The summed E-state index contributed by atoms with van der Waals surface area (Å²) in [5.41, 5.74) is 2.21. The first kappa shape index (κ1) is 12.5. The molecule has 2 aromatic rings. The summed E-state index contributed by atoms with van der Waals surface area (Å²) < 4.78 is 11.2. The lowest BCUT2D eigenvalue weighted by Gasteiger charge is -2.22. The van der Waals surface area contributed by atoms with Crippen molar-refractivity contribution < 1.29 is 9.15 Å². The Kier molecular flexibility index (Phi) is 3.47. The molecule has 0 spiro atoms. The summed E-state index contributed by atoms with van der Waals surface area (Å²) in [6.45, 7) is 4.27. The van der Waals surface area contributed by atoms with Crippen LogP contribution < -0.4 is 10.1 Å². The number of piperidine rings is 1. The summed E-state index contributed by atoms with van der Waals surface area (Å²) >= 11 is 0. The highest BCUT2D eigenvalue weighted by atomic mass is 16.5. The zero-order valence-electron chi connectivity index (χ0n) is 11.7. The van der Waals surface area contributed by atoms with E-state index >= 15 is 0 Å². The van der Waals surface area contributed by atoms with E-state index in [4.69, 9.17) is 9.15 Å².